The largest absolute Gasteiger partial charge is 0.374 e. The number of carbonyl (C=O) groups is 2. The fourth-order valence-corrected chi connectivity index (χ4v) is 2.40. The van der Waals surface area contributed by atoms with E-state index in [9.17, 15) is 9.59 Å². The van der Waals surface area contributed by atoms with Gasteiger partial charge in [0.25, 0.3) is 0 Å². The van der Waals surface area contributed by atoms with E-state index in [1.54, 1.807) is 7.05 Å². The number of likely N-dealkylation sites (N-methyl/N-ethyl adjacent to an activating group) is 2. The highest BCUT2D eigenvalue weighted by Crippen LogP contribution is 2.19. The highest BCUT2D eigenvalue weighted by Gasteiger charge is 2.41. The van der Waals surface area contributed by atoms with Crippen molar-refractivity contribution < 1.29 is 14.3 Å². The Hall–Kier alpha value is -0.980. The molecule has 2 aliphatic heterocycles. The van der Waals surface area contributed by atoms with Crippen molar-refractivity contribution >= 4 is 11.8 Å². The fourth-order valence-electron chi connectivity index (χ4n) is 2.40. The van der Waals surface area contributed by atoms with Crippen molar-refractivity contribution in [3.8, 4) is 0 Å². The molecule has 1 N–H and O–H groups in total. The van der Waals surface area contributed by atoms with Gasteiger partial charge in [0.05, 0.1) is 25.2 Å². The SMILES string of the molecule is CNCC1CN(C2CC(=O)N(C)C2=O)CCO1. The van der Waals surface area contributed by atoms with Gasteiger partial charge >= 0.3 is 0 Å². The second-order valence-corrected chi connectivity index (χ2v) is 4.56. The number of nitrogens with zero attached hydrogens (tertiary/aromatic N) is 2. The molecule has 2 fully saturated rings. The van der Waals surface area contributed by atoms with E-state index in [0.29, 0.717) is 19.6 Å². The minimum atomic E-state index is -0.282. The molecule has 2 atom stereocenters. The molecule has 2 heterocycles. The smallest absolute Gasteiger partial charge is 0.246 e. The lowest BCUT2D eigenvalue weighted by molar-refractivity contribution is -0.139. The first-order valence-corrected chi connectivity index (χ1v) is 5.94. The first-order valence-electron chi connectivity index (χ1n) is 5.94. The molecule has 2 amide bonds. The fraction of sp³-hybridized carbons (Fsp3) is 0.818. The number of imide groups is 1. The molecule has 2 aliphatic rings. The van der Waals surface area contributed by atoms with E-state index in [0.717, 1.165) is 13.1 Å². The maximum Gasteiger partial charge on any atom is 0.246 e. The van der Waals surface area contributed by atoms with Crippen LogP contribution in [0.25, 0.3) is 0 Å². The summed E-state index contributed by atoms with van der Waals surface area (Å²) in [5.74, 6) is -0.170. The van der Waals surface area contributed by atoms with Crippen molar-refractivity contribution in [3.63, 3.8) is 0 Å². The van der Waals surface area contributed by atoms with E-state index in [1.165, 1.54) is 4.90 Å². The minimum absolute atomic E-state index is 0.0832. The Kier molecular flexibility index (Phi) is 3.76. The molecule has 0 aromatic rings. The van der Waals surface area contributed by atoms with Gasteiger partial charge < -0.3 is 10.1 Å². The lowest BCUT2D eigenvalue weighted by Crippen LogP contribution is -2.52. The predicted molar refractivity (Wildman–Crippen MR) is 61.4 cm³/mol. The number of hydrogen-bond acceptors (Lipinski definition) is 5. The Bertz CT molecular complexity index is 319. The van der Waals surface area contributed by atoms with Crippen molar-refractivity contribution in [1.82, 2.24) is 15.1 Å². The van der Waals surface area contributed by atoms with Crippen molar-refractivity contribution in [2.24, 2.45) is 0 Å². The van der Waals surface area contributed by atoms with Crippen LogP contribution < -0.4 is 5.32 Å². The lowest BCUT2D eigenvalue weighted by atomic mass is 10.1. The molecule has 0 saturated carbocycles. The quantitative estimate of drug-likeness (QED) is 0.620. The molecule has 0 spiro atoms. The molecule has 0 aliphatic carbocycles. The third-order valence-electron chi connectivity index (χ3n) is 3.40. The van der Waals surface area contributed by atoms with Crippen molar-refractivity contribution in [2.75, 3.05) is 40.3 Å². The number of nitrogens with one attached hydrogen (secondary N) is 1. The summed E-state index contributed by atoms with van der Waals surface area (Å²) in [7, 11) is 3.43. The molecule has 2 unspecified atom stereocenters. The van der Waals surface area contributed by atoms with Crippen LogP contribution in [0, 0.1) is 0 Å². The molecular weight excluding hydrogens is 222 g/mol. The lowest BCUT2D eigenvalue weighted by Gasteiger charge is -2.35. The summed E-state index contributed by atoms with van der Waals surface area (Å²) in [6, 6.07) is -0.282. The molecule has 96 valence electrons. The standard InChI is InChI=1S/C11H19N3O3/c1-12-6-8-7-14(3-4-17-8)9-5-10(15)13(2)11(9)16/h8-9,12H,3-7H2,1-2H3. The maximum absolute atomic E-state index is 11.9. The van der Waals surface area contributed by atoms with Gasteiger partial charge in [0, 0.05) is 26.7 Å². The maximum atomic E-state index is 11.9. The average Bonchev–Trinajstić information content (AvgIpc) is 2.58. The summed E-state index contributed by atoms with van der Waals surface area (Å²) >= 11 is 0. The van der Waals surface area contributed by atoms with Crippen LogP contribution in [0.5, 0.6) is 0 Å². The van der Waals surface area contributed by atoms with Crippen molar-refractivity contribution in [2.45, 2.75) is 18.6 Å². The van der Waals surface area contributed by atoms with Gasteiger partial charge in [-0.3, -0.25) is 19.4 Å². The molecule has 2 saturated heterocycles. The van der Waals surface area contributed by atoms with E-state index in [1.807, 2.05) is 7.05 Å². The first kappa shape index (κ1) is 12.5. The number of likely N-dealkylation sites (tertiary alicyclic amines) is 1. The third-order valence-corrected chi connectivity index (χ3v) is 3.40. The summed E-state index contributed by atoms with van der Waals surface area (Å²) < 4.78 is 5.58. The summed E-state index contributed by atoms with van der Waals surface area (Å²) in [5.41, 5.74) is 0. The summed E-state index contributed by atoms with van der Waals surface area (Å²) in [6.45, 7) is 2.81. The molecule has 2 rings (SSSR count). The Balaban J connectivity index is 1.98. The van der Waals surface area contributed by atoms with Crippen LogP contribution in [0.15, 0.2) is 0 Å². The predicted octanol–water partition coefficient (Wildman–Crippen LogP) is -1.34. The Morgan fingerprint density at radius 3 is 2.82 bits per heavy atom. The highest BCUT2D eigenvalue weighted by molar-refractivity contribution is 6.05. The number of amides is 2. The number of morpholine rings is 1. The Labute approximate surface area is 101 Å². The van der Waals surface area contributed by atoms with E-state index in [2.05, 4.69) is 10.2 Å². The zero-order chi connectivity index (χ0) is 12.4. The van der Waals surface area contributed by atoms with E-state index < -0.39 is 0 Å². The minimum Gasteiger partial charge on any atom is -0.374 e. The van der Waals surface area contributed by atoms with Crippen LogP contribution in [0.1, 0.15) is 6.42 Å². The van der Waals surface area contributed by atoms with E-state index >= 15 is 0 Å². The molecule has 0 bridgehead atoms. The second kappa shape index (κ2) is 5.12. The third kappa shape index (κ3) is 2.48. The number of hydrogen-bond donors (Lipinski definition) is 1. The normalized spacial score (nSPS) is 31.3. The van der Waals surface area contributed by atoms with E-state index in [4.69, 9.17) is 4.74 Å². The Morgan fingerprint density at radius 2 is 2.24 bits per heavy atom. The molecule has 6 nitrogen and oxygen atoms in total. The molecule has 17 heavy (non-hydrogen) atoms. The van der Waals surface area contributed by atoms with Crippen LogP contribution >= 0.6 is 0 Å². The molecule has 0 aromatic heterocycles. The van der Waals surface area contributed by atoms with Crippen LogP contribution in [0.4, 0.5) is 0 Å². The van der Waals surface area contributed by atoms with Crippen LogP contribution in [-0.4, -0.2) is 74.1 Å². The summed E-state index contributed by atoms with van der Waals surface area (Å²) in [6.07, 6.45) is 0.407. The monoisotopic (exact) mass is 241 g/mol. The van der Waals surface area contributed by atoms with Crippen molar-refractivity contribution in [1.29, 1.82) is 0 Å². The zero-order valence-electron chi connectivity index (χ0n) is 10.3. The Morgan fingerprint density at radius 1 is 1.47 bits per heavy atom. The van der Waals surface area contributed by atoms with Crippen molar-refractivity contribution in [3.05, 3.63) is 0 Å². The summed E-state index contributed by atoms with van der Waals surface area (Å²) in [5, 5.41) is 3.06. The summed E-state index contributed by atoms with van der Waals surface area (Å²) in [4.78, 5) is 26.7. The van der Waals surface area contributed by atoms with Crippen LogP contribution in [-0.2, 0) is 14.3 Å². The van der Waals surface area contributed by atoms with Gasteiger partial charge in [0.1, 0.15) is 0 Å². The number of ether oxygens (including phenoxy) is 1. The average molecular weight is 241 g/mol. The van der Waals surface area contributed by atoms with Gasteiger partial charge in [-0.15, -0.1) is 0 Å². The topological polar surface area (TPSA) is 61.9 Å². The van der Waals surface area contributed by atoms with Crippen LogP contribution in [0.2, 0.25) is 0 Å². The first-order chi connectivity index (χ1) is 8.13. The van der Waals surface area contributed by atoms with Gasteiger partial charge in [0.15, 0.2) is 0 Å². The van der Waals surface area contributed by atoms with Gasteiger partial charge in [-0.05, 0) is 7.05 Å². The molecule has 6 heteroatoms. The van der Waals surface area contributed by atoms with Gasteiger partial charge in [-0.1, -0.05) is 0 Å². The van der Waals surface area contributed by atoms with Gasteiger partial charge in [0.2, 0.25) is 11.8 Å². The number of rotatable bonds is 3. The molecule has 0 aromatic carbocycles. The van der Waals surface area contributed by atoms with Crippen LogP contribution in [0.3, 0.4) is 0 Å². The molecule has 0 radical (unpaired) electrons. The van der Waals surface area contributed by atoms with E-state index in [-0.39, 0.29) is 24.0 Å². The molecular formula is C11H19N3O3. The van der Waals surface area contributed by atoms with Gasteiger partial charge in [-0.2, -0.15) is 0 Å². The van der Waals surface area contributed by atoms with Gasteiger partial charge in [-0.25, -0.2) is 0 Å². The number of carbonyl (C=O) groups excluding carboxylic acids is 2. The highest BCUT2D eigenvalue weighted by atomic mass is 16.5. The second-order valence-electron chi connectivity index (χ2n) is 4.56. The zero-order valence-corrected chi connectivity index (χ0v) is 10.3.